The SMILES string of the molecule is O=C(NC1CCCCC1CBr)c1ccccc1[N+](=O)[O-]. The van der Waals surface area contributed by atoms with Crippen LogP contribution in [0.3, 0.4) is 0 Å². The van der Waals surface area contributed by atoms with Crippen molar-refractivity contribution < 1.29 is 9.72 Å². The molecule has 1 aromatic carbocycles. The fourth-order valence-electron chi connectivity index (χ4n) is 2.65. The Morgan fingerprint density at radius 2 is 2.05 bits per heavy atom. The molecule has 0 bridgehead atoms. The first kappa shape index (κ1) is 15.0. The number of hydrogen-bond donors (Lipinski definition) is 1. The molecule has 2 atom stereocenters. The summed E-state index contributed by atoms with van der Waals surface area (Å²) in [5.74, 6) is 0.0469. The van der Waals surface area contributed by atoms with E-state index in [1.54, 1.807) is 12.1 Å². The average Bonchev–Trinajstić information content (AvgIpc) is 2.47. The summed E-state index contributed by atoms with van der Waals surface area (Å²) in [4.78, 5) is 22.7. The van der Waals surface area contributed by atoms with Gasteiger partial charge in [-0.25, -0.2) is 0 Å². The maximum atomic E-state index is 12.3. The number of benzene rings is 1. The van der Waals surface area contributed by atoms with Gasteiger partial charge in [-0.15, -0.1) is 0 Å². The number of nitrogens with one attached hydrogen (secondary N) is 1. The largest absolute Gasteiger partial charge is 0.349 e. The van der Waals surface area contributed by atoms with Crippen LogP contribution in [0.25, 0.3) is 0 Å². The zero-order valence-corrected chi connectivity index (χ0v) is 12.6. The van der Waals surface area contributed by atoms with E-state index >= 15 is 0 Å². The molecule has 1 aromatic rings. The molecule has 0 spiro atoms. The number of para-hydroxylation sites is 1. The van der Waals surface area contributed by atoms with Gasteiger partial charge in [0.05, 0.1) is 4.92 Å². The molecule has 6 heteroatoms. The number of carbonyl (C=O) groups excluding carboxylic acids is 1. The standard InChI is InChI=1S/C14H17BrN2O3/c15-9-10-5-1-3-7-12(10)16-14(18)11-6-2-4-8-13(11)17(19)20/h2,4,6,8,10,12H,1,3,5,7,9H2,(H,16,18). The highest BCUT2D eigenvalue weighted by atomic mass is 79.9. The minimum atomic E-state index is -0.516. The number of halogens is 1. The highest BCUT2D eigenvalue weighted by Crippen LogP contribution is 2.27. The van der Waals surface area contributed by atoms with Crippen molar-refractivity contribution >= 4 is 27.5 Å². The third-order valence-electron chi connectivity index (χ3n) is 3.77. The Balaban J connectivity index is 2.13. The van der Waals surface area contributed by atoms with Gasteiger partial charge in [-0.05, 0) is 24.8 Å². The van der Waals surface area contributed by atoms with Crippen LogP contribution in [0.2, 0.25) is 0 Å². The average molecular weight is 341 g/mol. The fourth-order valence-corrected chi connectivity index (χ4v) is 3.43. The van der Waals surface area contributed by atoms with Crippen molar-refractivity contribution in [2.75, 3.05) is 5.33 Å². The Morgan fingerprint density at radius 3 is 2.75 bits per heavy atom. The summed E-state index contributed by atoms with van der Waals surface area (Å²) >= 11 is 3.48. The number of nitrogens with zero attached hydrogens (tertiary/aromatic N) is 1. The summed E-state index contributed by atoms with van der Waals surface area (Å²) in [6.07, 6.45) is 4.27. The molecule has 5 nitrogen and oxygen atoms in total. The number of alkyl halides is 1. The topological polar surface area (TPSA) is 72.2 Å². The van der Waals surface area contributed by atoms with E-state index in [1.807, 2.05) is 0 Å². The Bertz CT molecular complexity index is 507. The molecule has 0 aliphatic heterocycles. The van der Waals surface area contributed by atoms with Crippen molar-refractivity contribution in [3.05, 3.63) is 39.9 Å². The Morgan fingerprint density at radius 1 is 1.35 bits per heavy atom. The number of nitro groups is 1. The molecule has 1 saturated carbocycles. The summed E-state index contributed by atoms with van der Waals surface area (Å²) < 4.78 is 0. The van der Waals surface area contributed by atoms with Gasteiger partial charge in [0.1, 0.15) is 5.56 Å². The van der Waals surface area contributed by atoms with Crippen LogP contribution in [0.5, 0.6) is 0 Å². The van der Waals surface area contributed by atoms with Crippen molar-refractivity contribution in [3.8, 4) is 0 Å². The summed E-state index contributed by atoms with van der Waals surface area (Å²) in [7, 11) is 0. The molecular weight excluding hydrogens is 324 g/mol. The molecule has 1 aliphatic rings. The van der Waals surface area contributed by atoms with E-state index in [9.17, 15) is 14.9 Å². The minimum Gasteiger partial charge on any atom is -0.349 e. The second-order valence-corrected chi connectivity index (χ2v) is 5.70. The van der Waals surface area contributed by atoms with Crippen molar-refractivity contribution in [2.45, 2.75) is 31.7 Å². The highest BCUT2D eigenvalue weighted by molar-refractivity contribution is 9.09. The predicted molar refractivity (Wildman–Crippen MR) is 80.1 cm³/mol. The molecule has 108 valence electrons. The smallest absolute Gasteiger partial charge is 0.282 e. The fraction of sp³-hybridized carbons (Fsp3) is 0.500. The highest BCUT2D eigenvalue weighted by Gasteiger charge is 2.28. The molecule has 0 heterocycles. The van der Waals surface area contributed by atoms with E-state index in [0.717, 1.165) is 24.6 Å². The molecule has 0 radical (unpaired) electrons. The lowest BCUT2D eigenvalue weighted by Crippen LogP contribution is -2.42. The predicted octanol–water partition coefficient (Wildman–Crippen LogP) is 3.28. The Kier molecular flexibility index (Phi) is 5.11. The third-order valence-corrected chi connectivity index (χ3v) is 4.60. The van der Waals surface area contributed by atoms with Gasteiger partial charge >= 0.3 is 0 Å². The molecule has 0 saturated heterocycles. The number of hydrogen-bond acceptors (Lipinski definition) is 3. The zero-order chi connectivity index (χ0) is 14.5. The number of carbonyl (C=O) groups is 1. The minimum absolute atomic E-state index is 0.0930. The number of nitro benzene ring substituents is 1. The van der Waals surface area contributed by atoms with E-state index < -0.39 is 4.92 Å². The van der Waals surface area contributed by atoms with Gasteiger partial charge in [0, 0.05) is 17.4 Å². The lowest BCUT2D eigenvalue weighted by atomic mass is 9.85. The lowest BCUT2D eigenvalue weighted by molar-refractivity contribution is -0.385. The van der Waals surface area contributed by atoms with Crippen LogP contribution in [-0.2, 0) is 0 Å². The molecule has 1 amide bonds. The molecule has 2 rings (SSSR count). The molecular formula is C14H17BrN2O3. The van der Waals surface area contributed by atoms with Crippen LogP contribution in [0.4, 0.5) is 5.69 Å². The quantitative estimate of drug-likeness (QED) is 0.519. The van der Waals surface area contributed by atoms with Gasteiger partial charge in [0.15, 0.2) is 0 Å². The molecule has 1 fully saturated rings. The summed E-state index contributed by atoms with van der Waals surface area (Å²) in [6, 6.07) is 6.16. The van der Waals surface area contributed by atoms with Crippen LogP contribution in [0, 0.1) is 16.0 Å². The van der Waals surface area contributed by atoms with Crippen LogP contribution in [0.15, 0.2) is 24.3 Å². The first-order valence-electron chi connectivity index (χ1n) is 6.73. The van der Waals surface area contributed by atoms with Gasteiger partial charge < -0.3 is 5.32 Å². The molecule has 2 unspecified atom stereocenters. The second kappa shape index (κ2) is 6.83. The molecule has 1 N–H and O–H groups in total. The van der Waals surface area contributed by atoms with Crippen molar-refractivity contribution in [2.24, 2.45) is 5.92 Å². The summed E-state index contributed by atoms with van der Waals surface area (Å²) in [5.41, 5.74) is -0.00685. The number of amides is 1. The molecule has 20 heavy (non-hydrogen) atoms. The van der Waals surface area contributed by atoms with Crippen LogP contribution in [-0.4, -0.2) is 22.2 Å². The van der Waals surface area contributed by atoms with Gasteiger partial charge in [-0.1, -0.05) is 40.9 Å². The summed E-state index contributed by atoms with van der Waals surface area (Å²) in [6.45, 7) is 0. The van der Waals surface area contributed by atoms with Crippen LogP contribution < -0.4 is 5.32 Å². The van der Waals surface area contributed by atoms with Gasteiger partial charge in [-0.3, -0.25) is 14.9 Å². The maximum Gasteiger partial charge on any atom is 0.282 e. The van der Waals surface area contributed by atoms with E-state index in [1.165, 1.54) is 18.6 Å². The van der Waals surface area contributed by atoms with Gasteiger partial charge in [-0.2, -0.15) is 0 Å². The molecule has 1 aliphatic carbocycles. The van der Waals surface area contributed by atoms with E-state index in [0.29, 0.717) is 5.92 Å². The van der Waals surface area contributed by atoms with E-state index in [-0.39, 0.29) is 23.2 Å². The Hall–Kier alpha value is -1.43. The van der Waals surface area contributed by atoms with E-state index in [2.05, 4.69) is 21.2 Å². The monoisotopic (exact) mass is 340 g/mol. The third kappa shape index (κ3) is 3.36. The van der Waals surface area contributed by atoms with Crippen molar-refractivity contribution in [1.82, 2.24) is 5.32 Å². The van der Waals surface area contributed by atoms with Crippen LogP contribution >= 0.6 is 15.9 Å². The molecule has 0 aromatic heterocycles. The van der Waals surface area contributed by atoms with Crippen molar-refractivity contribution in [3.63, 3.8) is 0 Å². The normalized spacial score (nSPS) is 22.2. The Labute approximate surface area is 126 Å². The number of rotatable bonds is 4. The van der Waals surface area contributed by atoms with Gasteiger partial charge in [0.2, 0.25) is 0 Å². The summed E-state index contributed by atoms with van der Waals surface area (Å²) in [5, 5.41) is 14.8. The van der Waals surface area contributed by atoms with Gasteiger partial charge in [0.25, 0.3) is 11.6 Å². The first-order valence-corrected chi connectivity index (χ1v) is 7.86. The first-order chi connectivity index (χ1) is 9.63. The maximum absolute atomic E-state index is 12.3. The lowest BCUT2D eigenvalue weighted by Gasteiger charge is -2.30. The zero-order valence-electron chi connectivity index (χ0n) is 11.0. The van der Waals surface area contributed by atoms with Crippen LogP contribution in [0.1, 0.15) is 36.0 Å². The van der Waals surface area contributed by atoms with E-state index in [4.69, 9.17) is 0 Å². The van der Waals surface area contributed by atoms with Crippen molar-refractivity contribution in [1.29, 1.82) is 0 Å². The second-order valence-electron chi connectivity index (χ2n) is 5.05.